The fraction of sp³-hybridized carbons (Fsp3) is 0.950. The maximum absolute atomic E-state index is 13.7. The normalized spacial score (nSPS) is 48.2. The van der Waals surface area contributed by atoms with Crippen molar-refractivity contribution in [3.63, 3.8) is 0 Å². The van der Waals surface area contributed by atoms with E-state index in [0.717, 1.165) is 44.9 Å². The van der Waals surface area contributed by atoms with Crippen molar-refractivity contribution >= 4 is 11.9 Å². The summed E-state index contributed by atoms with van der Waals surface area (Å²) < 4.78 is 19.6. The van der Waals surface area contributed by atoms with Crippen LogP contribution in [0.1, 0.15) is 134 Å². The Balaban J connectivity index is 1.37. The van der Waals surface area contributed by atoms with Gasteiger partial charge in [-0.2, -0.15) is 0 Å². The molecule has 6 fully saturated rings. The number of hydrogen-bond acceptors (Lipinski definition) is 9. The number of rotatable bonds is 8. The molecule has 49 heavy (non-hydrogen) atoms. The van der Waals surface area contributed by atoms with Gasteiger partial charge in [0.1, 0.15) is 24.3 Å². The summed E-state index contributed by atoms with van der Waals surface area (Å²) in [4.78, 5) is 26.9. The number of nitrogens with two attached hydrogens (primary N) is 2. The maximum Gasteiger partial charge on any atom is 0.323 e. The first-order valence-electron chi connectivity index (χ1n) is 19.4. The lowest BCUT2D eigenvalue weighted by Gasteiger charge is -2.64. The lowest BCUT2D eigenvalue weighted by molar-refractivity contribution is -0.226. The second kappa shape index (κ2) is 11.6. The summed E-state index contributed by atoms with van der Waals surface area (Å²) in [6, 6.07) is -1.41. The van der Waals surface area contributed by atoms with Crippen LogP contribution in [-0.2, 0) is 23.8 Å². The Morgan fingerprint density at radius 2 is 1.41 bits per heavy atom. The number of carbonyl (C=O) groups excluding carboxylic acids is 2. The van der Waals surface area contributed by atoms with Gasteiger partial charge in [0.05, 0.1) is 23.4 Å². The zero-order valence-corrected chi connectivity index (χ0v) is 32.3. The van der Waals surface area contributed by atoms with E-state index in [1.807, 2.05) is 41.5 Å². The third-order valence-corrected chi connectivity index (χ3v) is 16.2. The van der Waals surface area contributed by atoms with Gasteiger partial charge in [-0.15, -0.1) is 0 Å². The van der Waals surface area contributed by atoms with Crippen LogP contribution < -0.4 is 11.5 Å². The molecule has 2 unspecified atom stereocenters. The molecule has 6 N–H and O–H groups in total. The van der Waals surface area contributed by atoms with Gasteiger partial charge in [0.2, 0.25) is 0 Å². The van der Waals surface area contributed by atoms with E-state index < -0.39 is 34.8 Å². The highest BCUT2D eigenvalue weighted by Gasteiger charge is 2.85. The first-order chi connectivity index (χ1) is 22.4. The van der Waals surface area contributed by atoms with E-state index in [2.05, 4.69) is 34.6 Å². The Bertz CT molecular complexity index is 1330. The summed E-state index contributed by atoms with van der Waals surface area (Å²) in [7, 11) is 0. The molecule has 6 rings (SSSR count). The van der Waals surface area contributed by atoms with E-state index in [0.29, 0.717) is 12.8 Å². The minimum absolute atomic E-state index is 0.000284. The van der Waals surface area contributed by atoms with Crippen molar-refractivity contribution in [1.82, 2.24) is 0 Å². The van der Waals surface area contributed by atoms with E-state index in [4.69, 9.17) is 25.7 Å². The minimum Gasteiger partial charge on any atom is -0.461 e. The molecule has 9 nitrogen and oxygen atoms in total. The first-order valence-corrected chi connectivity index (χ1v) is 19.4. The van der Waals surface area contributed by atoms with Crippen LogP contribution in [0.25, 0.3) is 0 Å². The number of carbonyl (C=O) groups is 2. The van der Waals surface area contributed by atoms with Crippen LogP contribution in [0.2, 0.25) is 0 Å². The number of hydrogen-bond donors (Lipinski definition) is 4. The van der Waals surface area contributed by atoms with Gasteiger partial charge < -0.3 is 35.9 Å². The number of aliphatic hydroxyl groups excluding tert-OH is 1. The Morgan fingerprint density at radius 3 is 1.96 bits per heavy atom. The molecule has 1 aliphatic heterocycles. The summed E-state index contributed by atoms with van der Waals surface area (Å²) in [5.41, 5.74) is 10.3. The second-order valence-electron chi connectivity index (χ2n) is 20.3. The summed E-state index contributed by atoms with van der Waals surface area (Å²) >= 11 is 0. The van der Waals surface area contributed by atoms with Crippen LogP contribution in [0, 0.1) is 56.7 Å². The Labute approximate surface area is 295 Å². The highest BCUT2D eigenvalue weighted by atomic mass is 16.6. The van der Waals surface area contributed by atoms with Crippen molar-refractivity contribution < 1.29 is 34.0 Å². The van der Waals surface area contributed by atoms with Crippen molar-refractivity contribution in [2.45, 2.75) is 182 Å². The predicted octanol–water partition coefficient (Wildman–Crippen LogP) is 5.51. The second-order valence-corrected chi connectivity index (χ2v) is 20.3. The van der Waals surface area contributed by atoms with Gasteiger partial charge in [-0.3, -0.25) is 9.59 Å². The first kappa shape index (κ1) is 37.5. The number of esters is 2. The standard InChI is InChI=1S/C40H68N2O7/c1-21(2)28(41)32(44)47-24-18-25-37(10)19-23(43)30(38(11)14-12-27(49-38)35(7,8)46)36(37,9)16-17-39(25)20-40(39)15-13-26(34(5,6)31(24)40)48-33(45)29(42)22(3)4/h21-31,43,46H,12-20,41-42H2,1-11H3/t23-,24-,25?,26-,27-,28?,29-,30-,31-,36+,37-,38+,39-,40+/m0/s1. The van der Waals surface area contributed by atoms with Crippen LogP contribution >= 0.6 is 0 Å². The fourth-order valence-electron chi connectivity index (χ4n) is 13.4. The summed E-state index contributed by atoms with van der Waals surface area (Å²) in [5.74, 6) is -0.648. The van der Waals surface area contributed by atoms with Crippen molar-refractivity contribution in [3.8, 4) is 0 Å². The number of fused-ring (bicyclic) bond motifs is 2. The van der Waals surface area contributed by atoms with Gasteiger partial charge in [0.25, 0.3) is 0 Å². The van der Waals surface area contributed by atoms with E-state index in [1.54, 1.807) is 0 Å². The van der Waals surface area contributed by atoms with E-state index in [1.165, 1.54) is 0 Å². The Hall–Kier alpha value is -1.26. The zero-order valence-electron chi connectivity index (χ0n) is 32.3. The lowest BCUT2D eigenvalue weighted by atomic mass is 9.41. The van der Waals surface area contributed by atoms with Gasteiger partial charge in [-0.25, -0.2) is 0 Å². The molecule has 1 heterocycles. The van der Waals surface area contributed by atoms with Gasteiger partial charge in [0.15, 0.2) is 0 Å². The summed E-state index contributed by atoms with van der Waals surface area (Å²) in [6.45, 7) is 22.8. The molecule has 5 aliphatic carbocycles. The minimum atomic E-state index is -0.950. The molecule has 0 bridgehead atoms. The molecule has 0 aromatic rings. The molecule has 280 valence electrons. The summed E-state index contributed by atoms with van der Waals surface area (Å²) in [6.07, 6.45) is 6.20. The van der Waals surface area contributed by atoms with Crippen molar-refractivity contribution in [1.29, 1.82) is 0 Å². The van der Waals surface area contributed by atoms with E-state index >= 15 is 0 Å². The maximum atomic E-state index is 13.7. The predicted molar refractivity (Wildman–Crippen MR) is 188 cm³/mol. The highest BCUT2D eigenvalue weighted by molar-refractivity contribution is 5.76. The van der Waals surface area contributed by atoms with E-state index in [9.17, 15) is 19.8 Å². The van der Waals surface area contributed by atoms with Crippen LogP contribution in [0.15, 0.2) is 0 Å². The Morgan fingerprint density at radius 1 is 0.816 bits per heavy atom. The topological polar surface area (TPSA) is 154 Å². The van der Waals surface area contributed by atoms with Crippen LogP contribution in [0.5, 0.6) is 0 Å². The molecule has 0 aromatic heterocycles. The fourth-order valence-corrected chi connectivity index (χ4v) is 13.4. The molecule has 6 aliphatic rings. The molecule has 2 spiro atoms. The largest absolute Gasteiger partial charge is 0.461 e. The monoisotopic (exact) mass is 689 g/mol. The van der Waals surface area contributed by atoms with Crippen molar-refractivity contribution in [2.24, 2.45) is 68.1 Å². The zero-order chi connectivity index (χ0) is 36.5. The molecule has 0 aromatic carbocycles. The third-order valence-electron chi connectivity index (χ3n) is 16.2. The highest BCUT2D eigenvalue weighted by Crippen LogP contribution is 2.89. The number of aliphatic hydroxyl groups is 2. The molecular formula is C40H68N2O7. The number of ether oxygens (including phenoxy) is 3. The molecular weight excluding hydrogens is 620 g/mol. The van der Waals surface area contributed by atoms with Gasteiger partial charge in [0, 0.05) is 17.3 Å². The average molecular weight is 689 g/mol. The van der Waals surface area contributed by atoms with Gasteiger partial charge >= 0.3 is 11.9 Å². The lowest BCUT2D eigenvalue weighted by Crippen LogP contribution is -2.63. The van der Waals surface area contributed by atoms with Crippen molar-refractivity contribution in [3.05, 3.63) is 0 Å². The molecule has 5 saturated carbocycles. The van der Waals surface area contributed by atoms with Gasteiger partial charge in [-0.05, 0) is 118 Å². The molecule has 0 radical (unpaired) electrons. The quantitative estimate of drug-likeness (QED) is 0.242. The van der Waals surface area contributed by atoms with Crippen molar-refractivity contribution in [2.75, 3.05) is 0 Å². The molecule has 9 heteroatoms. The average Bonchev–Trinajstić information content (AvgIpc) is 3.35. The smallest absolute Gasteiger partial charge is 0.323 e. The van der Waals surface area contributed by atoms with Crippen LogP contribution in [0.4, 0.5) is 0 Å². The Kier molecular flexibility index (Phi) is 8.89. The third kappa shape index (κ3) is 5.23. The van der Waals surface area contributed by atoms with E-state index in [-0.39, 0.29) is 81.5 Å². The molecule has 1 saturated heterocycles. The molecule has 0 amide bonds. The SMILES string of the molecule is CC(C)C(N)C(=O)O[C@H]1CC2[C@]3(CC[C@]4(C)[C@@H]([C@@]5(C)CC[C@@H](C(C)(C)O)O5)[C@@H](O)C[C@@]24C)C[C@@]32CC[C@H](OC(=O)[C@@H](N)C(C)C)C(C)(C)[C@H]12. The summed E-state index contributed by atoms with van der Waals surface area (Å²) in [5, 5.41) is 23.0. The van der Waals surface area contributed by atoms with Gasteiger partial charge in [-0.1, -0.05) is 55.4 Å². The van der Waals surface area contributed by atoms with Crippen LogP contribution in [-0.4, -0.2) is 69.9 Å². The van der Waals surface area contributed by atoms with Crippen LogP contribution in [0.3, 0.4) is 0 Å². The molecule has 14 atom stereocenters.